The van der Waals surface area contributed by atoms with E-state index in [1.807, 2.05) is 63.7 Å². The standard InChI is InChI=1S/C35H52N4O6/c1-9-29-35(8)32(25(6)30(40)23(4)17-22(3)18-24(5)31(41)26(7)33(42)44-29)39(34(43)45-35)16-11-10-15-38-20-28(36-37-38)27-14-12-13-21(2)19-27/h12-14,19-20,22-26,29,31-32,41H,9-11,15-18H2,1-8H3/t22-,23+,24+,25-,26+,29+,31-,32-,35+/m0/s1. The van der Waals surface area contributed by atoms with Gasteiger partial charge in [-0.25, -0.2) is 4.79 Å². The van der Waals surface area contributed by atoms with Crippen molar-refractivity contribution in [2.24, 2.45) is 29.6 Å². The van der Waals surface area contributed by atoms with Crippen molar-refractivity contribution < 1.29 is 29.0 Å². The fourth-order valence-electron chi connectivity index (χ4n) is 7.56. The van der Waals surface area contributed by atoms with Crippen LogP contribution in [0.1, 0.15) is 86.1 Å². The van der Waals surface area contributed by atoms with Crippen LogP contribution in [0.25, 0.3) is 11.3 Å². The van der Waals surface area contributed by atoms with Crippen LogP contribution >= 0.6 is 0 Å². The number of ketones is 1. The number of nitrogens with zero attached hydrogens (tertiary/aromatic N) is 4. The van der Waals surface area contributed by atoms with E-state index in [0.717, 1.165) is 23.2 Å². The number of benzene rings is 1. The van der Waals surface area contributed by atoms with E-state index in [2.05, 4.69) is 23.3 Å². The van der Waals surface area contributed by atoms with Gasteiger partial charge >= 0.3 is 12.1 Å². The van der Waals surface area contributed by atoms with Gasteiger partial charge in [0.05, 0.1) is 24.3 Å². The van der Waals surface area contributed by atoms with Gasteiger partial charge in [-0.3, -0.25) is 14.3 Å². The first-order valence-electron chi connectivity index (χ1n) is 16.7. The molecule has 1 amide bonds. The van der Waals surface area contributed by atoms with Crippen molar-refractivity contribution in [3.05, 3.63) is 36.0 Å². The highest BCUT2D eigenvalue weighted by Gasteiger charge is 2.59. The number of aromatic nitrogens is 3. The van der Waals surface area contributed by atoms with Crippen LogP contribution in [0.15, 0.2) is 30.5 Å². The molecule has 1 N–H and O–H groups in total. The number of aryl methyl sites for hydroxylation is 2. The molecule has 0 saturated carbocycles. The van der Waals surface area contributed by atoms with Crippen LogP contribution in [0.5, 0.6) is 0 Å². The highest BCUT2D eigenvalue weighted by molar-refractivity contribution is 5.85. The van der Waals surface area contributed by atoms with Crippen molar-refractivity contribution in [1.29, 1.82) is 0 Å². The molecule has 2 aliphatic heterocycles. The molecule has 0 bridgehead atoms. The summed E-state index contributed by atoms with van der Waals surface area (Å²) in [7, 11) is 0. The van der Waals surface area contributed by atoms with Gasteiger partial charge in [-0.1, -0.05) is 63.6 Å². The van der Waals surface area contributed by atoms with Crippen LogP contribution in [0.3, 0.4) is 0 Å². The lowest BCUT2D eigenvalue weighted by atomic mass is 9.75. The highest BCUT2D eigenvalue weighted by atomic mass is 16.6. The van der Waals surface area contributed by atoms with Crippen LogP contribution < -0.4 is 0 Å². The fraction of sp³-hybridized carbons (Fsp3) is 0.686. The maximum absolute atomic E-state index is 13.9. The van der Waals surface area contributed by atoms with Gasteiger partial charge in [0.25, 0.3) is 0 Å². The average Bonchev–Trinajstić information content (AvgIpc) is 3.57. The van der Waals surface area contributed by atoms with Gasteiger partial charge in [-0.15, -0.1) is 5.10 Å². The van der Waals surface area contributed by atoms with Crippen molar-refractivity contribution >= 4 is 17.8 Å². The van der Waals surface area contributed by atoms with Crippen molar-refractivity contribution in [2.75, 3.05) is 6.54 Å². The van der Waals surface area contributed by atoms with Crippen molar-refractivity contribution in [1.82, 2.24) is 19.9 Å². The Kier molecular flexibility index (Phi) is 11.1. The second kappa shape index (κ2) is 14.4. The highest BCUT2D eigenvalue weighted by Crippen LogP contribution is 2.41. The molecule has 2 aliphatic rings. The molecule has 1 aromatic carbocycles. The Hall–Kier alpha value is -3.27. The third-order valence-corrected chi connectivity index (χ3v) is 10.0. The van der Waals surface area contributed by atoms with E-state index < -0.39 is 47.7 Å². The summed E-state index contributed by atoms with van der Waals surface area (Å²) < 4.78 is 13.9. The maximum atomic E-state index is 13.9. The number of rotatable bonds is 7. The third-order valence-electron chi connectivity index (χ3n) is 10.0. The van der Waals surface area contributed by atoms with Crippen molar-refractivity contribution in [2.45, 2.75) is 118 Å². The SMILES string of the molecule is CC[C@H]1OC(=O)[C@H](C)[C@@H](O)[C@H](C)C[C@@H](C)C[C@@H](C)C(=O)[C@H](C)[C@@H]2N(CCCCn3cc(-c4cccc(C)c4)nn3)C(=O)O[C@@]21C. The van der Waals surface area contributed by atoms with E-state index in [4.69, 9.17) is 9.47 Å². The Morgan fingerprint density at radius 1 is 1.02 bits per heavy atom. The number of unbranched alkanes of at least 4 members (excludes halogenated alkanes) is 1. The number of carbonyl (C=O) groups is 3. The van der Waals surface area contributed by atoms with E-state index in [1.165, 1.54) is 0 Å². The number of amides is 1. The van der Waals surface area contributed by atoms with E-state index in [0.29, 0.717) is 38.8 Å². The minimum Gasteiger partial charge on any atom is -0.458 e. The average molecular weight is 625 g/mol. The number of Topliss-reactive ketones (excluding diaryl/α,β-unsaturated/α-hetero) is 1. The van der Waals surface area contributed by atoms with Crippen molar-refractivity contribution in [3.8, 4) is 11.3 Å². The molecule has 4 rings (SSSR count). The number of aliphatic hydroxyl groups excluding tert-OH is 1. The van der Waals surface area contributed by atoms with Crippen LogP contribution in [0.4, 0.5) is 4.79 Å². The molecule has 2 saturated heterocycles. The zero-order valence-corrected chi connectivity index (χ0v) is 28.2. The zero-order chi connectivity index (χ0) is 33.1. The molecule has 0 unspecified atom stereocenters. The predicted molar refractivity (Wildman–Crippen MR) is 171 cm³/mol. The van der Waals surface area contributed by atoms with E-state index in [9.17, 15) is 19.5 Å². The molecular weight excluding hydrogens is 572 g/mol. The second-order valence-corrected chi connectivity index (χ2v) is 13.9. The van der Waals surface area contributed by atoms with E-state index in [1.54, 1.807) is 18.7 Å². The maximum Gasteiger partial charge on any atom is 0.410 e. The molecule has 2 fully saturated rings. The van der Waals surface area contributed by atoms with Gasteiger partial charge in [0.1, 0.15) is 17.6 Å². The normalized spacial score (nSPS) is 33.4. The summed E-state index contributed by atoms with van der Waals surface area (Å²) in [6, 6.07) is 7.51. The molecule has 0 radical (unpaired) electrons. The van der Waals surface area contributed by atoms with Gasteiger partial charge in [0.2, 0.25) is 0 Å². The fourth-order valence-corrected chi connectivity index (χ4v) is 7.56. The Labute approximate surface area is 267 Å². The lowest BCUT2D eigenvalue weighted by molar-refractivity contribution is -0.174. The lowest BCUT2D eigenvalue weighted by Gasteiger charge is -2.41. The summed E-state index contributed by atoms with van der Waals surface area (Å²) in [4.78, 5) is 42.4. The molecular formula is C35H52N4O6. The topological polar surface area (TPSA) is 124 Å². The Balaban J connectivity index is 1.53. The zero-order valence-electron chi connectivity index (χ0n) is 28.2. The number of ether oxygens (including phenoxy) is 2. The van der Waals surface area contributed by atoms with Crippen LogP contribution in [-0.2, 0) is 25.6 Å². The van der Waals surface area contributed by atoms with E-state index >= 15 is 0 Å². The summed E-state index contributed by atoms with van der Waals surface area (Å²) in [6.07, 6.45) is 2.90. The summed E-state index contributed by atoms with van der Waals surface area (Å²) in [5.41, 5.74) is 1.74. The third kappa shape index (κ3) is 7.59. The predicted octanol–water partition coefficient (Wildman–Crippen LogP) is 5.84. The second-order valence-electron chi connectivity index (χ2n) is 13.9. The first kappa shape index (κ1) is 34.6. The number of esters is 1. The lowest BCUT2D eigenvalue weighted by Crippen LogP contribution is -2.57. The molecule has 1 aromatic heterocycles. The van der Waals surface area contributed by atoms with Crippen LogP contribution in [0, 0.1) is 36.5 Å². The summed E-state index contributed by atoms with van der Waals surface area (Å²) in [6.45, 7) is 16.2. The van der Waals surface area contributed by atoms with Gasteiger partial charge in [0.15, 0.2) is 5.60 Å². The number of fused-ring (bicyclic) bond motifs is 1. The molecule has 248 valence electrons. The monoisotopic (exact) mass is 624 g/mol. The molecule has 10 nitrogen and oxygen atoms in total. The minimum absolute atomic E-state index is 0.0625. The van der Waals surface area contributed by atoms with E-state index in [-0.39, 0.29) is 23.5 Å². The molecule has 45 heavy (non-hydrogen) atoms. The number of hydrogen-bond acceptors (Lipinski definition) is 8. The first-order valence-corrected chi connectivity index (χ1v) is 16.7. The summed E-state index contributed by atoms with van der Waals surface area (Å²) in [5, 5.41) is 19.6. The molecule has 3 heterocycles. The number of cyclic esters (lactones) is 1. The Morgan fingerprint density at radius 2 is 1.73 bits per heavy atom. The molecule has 10 heteroatoms. The Morgan fingerprint density at radius 3 is 2.42 bits per heavy atom. The molecule has 0 spiro atoms. The smallest absolute Gasteiger partial charge is 0.410 e. The van der Waals surface area contributed by atoms with Crippen LogP contribution in [0.2, 0.25) is 0 Å². The molecule has 2 aromatic rings. The number of hydrogen-bond donors (Lipinski definition) is 1. The summed E-state index contributed by atoms with van der Waals surface area (Å²) >= 11 is 0. The van der Waals surface area contributed by atoms with Gasteiger partial charge in [-0.05, 0) is 70.8 Å². The summed E-state index contributed by atoms with van der Waals surface area (Å²) in [5.74, 6) is -1.94. The van der Waals surface area contributed by atoms with Gasteiger partial charge < -0.3 is 19.5 Å². The Bertz CT molecular complexity index is 1340. The molecule has 9 atom stereocenters. The van der Waals surface area contributed by atoms with Crippen LogP contribution in [-0.4, -0.2) is 73.2 Å². The largest absolute Gasteiger partial charge is 0.458 e. The minimum atomic E-state index is -1.24. The quantitative estimate of drug-likeness (QED) is 0.301. The molecule has 0 aliphatic carbocycles. The van der Waals surface area contributed by atoms with Gasteiger partial charge in [0, 0.05) is 30.5 Å². The van der Waals surface area contributed by atoms with Gasteiger partial charge in [-0.2, -0.15) is 0 Å². The number of carbonyl (C=O) groups excluding carboxylic acids is 3. The van der Waals surface area contributed by atoms with Crippen molar-refractivity contribution in [3.63, 3.8) is 0 Å². The first-order chi connectivity index (χ1) is 21.3. The number of aliphatic hydroxyl groups is 1.